The molecule has 0 saturated heterocycles. The second kappa shape index (κ2) is 6.71. The van der Waals surface area contributed by atoms with Gasteiger partial charge in [0.2, 0.25) is 5.95 Å². The van der Waals surface area contributed by atoms with Crippen LogP contribution in [0.5, 0.6) is 0 Å². The molecule has 2 N–H and O–H groups in total. The number of halogens is 4. The molecule has 0 aliphatic carbocycles. The monoisotopic (exact) mass is 349 g/mol. The SMILES string of the molecule is Fc1ccccc1Nc1nncc(Nc2ccc(C(F)(F)F)cc2)n1. The van der Waals surface area contributed by atoms with E-state index in [-0.39, 0.29) is 17.5 Å². The highest BCUT2D eigenvalue weighted by molar-refractivity contribution is 5.59. The molecule has 3 rings (SSSR count). The van der Waals surface area contributed by atoms with E-state index in [1.165, 1.54) is 30.5 Å². The van der Waals surface area contributed by atoms with E-state index in [1.54, 1.807) is 12.1 Å². The average molecular weight is 349 g/mol. The molecule has 1 heterocycles. The van der Waals surface area contributed by atoms with Gasteiger partial charge in [-0.15, -0.1) is 5.10 Å². The van der Waals surface area contributed by atoms with Crippen LogP contribution in [0.2, 0.25) is 0 Å². The third kappa shape index (κ3) is 4.19. The predicted octanol–water partition coefficient (Wildman–Crippen LogP) is 4.52. The Kier molecular flexibility index (Phi) is 4.46. The molecule has 9 heteroatoms. The number of nitrogens with one attached hydrogen (secondary N) is 2. The van der Waals surface area contributed by atoms with E-state index in [4.69, 9.17) is 0 Å². The molecule has 0 bridgehead atoms. The van der Waals surface area contributed by atoms with Crippen LogP contribution in [0, 0.1) is 5.82 Å². The summed E-state index contributed by atoms with van der Waals surface area (Å²) in [6.07, 6.45) is -3.10. The van der Waals surface area contributed by atoms with Crippen LogP contribution in [-0.2, 0) is 6.18 Å². The molecule has 0 fully saturated rings. The van der Waals surface area contributed by atoms with Crippen molar-refractivity contribution in [3.63, 3.8) is 0 Å². The molecule has 2 aromatic carbocycles. The Morgan fingerprint density at radius 1 is 0.880 bits per heavy atom. The highest BCUT2D eigenvalue weighted by Gasteiger charge is 2.29. The molecule has 1 aromatic heterocycles. The van der Waals surface area contributed by atoms with Crippen LogP contribution < -0.4 is 10.6 Å². The molecule has 0 amide bonds. The maximum atomic E-state index is 13.6. The van der Waals surface area contributed by atoms with Gasteiger partial charge < -0.3 is 10.6 Å². The largest absolute Gasteiger partial charge is 0.416 e. The van der Waals surface area contributed by atoms with E-state index in [9.17, 15) is 17.6 Å². The fourth-order valence-electron chi connectivity index (χ4n) is 1.99. The van der Waals surface area contributed by atoms with E-state index < -0.39 is 17.6 Å². The van der Waals surface area contributed by atoms with Gasteiger partial charge in [-0.3, -0.25) is 0 Å². The minimum Gasteiger partial charge on any atom is -0.339 e. The quantitative estimate of drug-likeness (QED) is 0.678. The smallest absolute Gasteiger partial charge is 0.339 e. The Hall–Kier alpha value is -3.23. The van der Waals surface area contributed by atoms with E-state index in [0.29, 0.717) is 5.69 Å². The number of hydrogen-bond donors (Lipinski definition) is 2. The summed E-state index contributed by atoms with van der Waals surface area (Å²) in [5, 5.41) is 12.9. The molecule has 0 saturated carbocycles. The van der Waals surface area contributed by atoms with Gasteiger partial charge in [-0.1, -0.05) is 12.1 Å². The maximum Gasteiger partial charge on any atom is 0.416 e. The number of rotatable bonds is 4. The maximum absolute atomic E-state index is 13.6. The topological polar surface area (TPSA) is 62.7 Å². The lowest BCUT2D eigenvalue weighted by molar-refractivity contribution is -0.137. The Morgan fingerprint density at radius 3 is 2.28 bits per heavy atom. The number of aromatic nitrogens is 3. The first-order valence-electron chi connectivity index (χ1n) is 7.07. The first kappa shape index (κ1) is 16.6. The molecule has 0 aliphatic heterocycles. The van der Waals surface area contributed by atoms with Gasteiger partial charge in [0.25, 0.3) is 0 Å². The van der Waals surface area contributed by atoms with Gasteiger partial charge in [0.1, 0.15) is 5.82 Å². The van der Waals surface area contributed by atoms with Gasteiger partial charge in [0.15, 0.2) is 5.82 Å². The molecule has 0 unspecified atom stereocenters. The molecule has 3 aromatic rings. The fraction of sp³-hybridized carbons (Fsp3) is 0.0625. The van der Waals surface area contributed by atoms with Crippen LogP contribution in [0.4, 0.5) is 40.7 Å². The van der Waals surface area contributed by atoms with Crippen molar-refractivity contribution < 1.29 is 17.6 Å². The molecule has 5 nitrogen and oxygen atoms in total. The summed E-state index contributed by atoms with van der Waals surface area (Å²) in [7, 11) is 0. The van der Waals surface area contributed by atoms with Crippen molar-refractivity contribution in [2.75, 3.05) is 10.6 Å². The van der Waals surface area contributed by atoms with Crippen molar-refractivity contribution in [3.05, 3.63) is 66.1 Å². The van der Waals surface area contributed by atoms with Crippen LogP contribution in [0.25, 0.3) is 0 Å². The van der Waals surface area contributed by atoms with Gasteiger partial charge >= 0.3 is 6.18 Å². The second-order valence-electron chi connectivity index (χ2n) is 4.97. The van der Waals surface area contributed by atoms with Crippen molar-refractivity contribution in [1.29, 1.82) is 0 Å². The Labute approximate surface area is 139 Å². The summed E-state index contributed by atoms with van der Waals surface area (Å²) in [6, 6.07) is 10.4. The lowest BCUT2D eigenvalue weighted by Crippen LogP contribution is -2.05. The molecule has 0 spiro atoms. The molecule has 0 atom stereocenters. The second-order valence-corrected chi connectivity index (χ2v) is 4.97. The van der Waals surface area contributed by atoms with Gasteiger partial charge in [-0.2, -0.15) is 23.3 Å². The Morgan fingerprint density at radius 2 is 1.60 bits per heavy atom. The van der Waals surface area contributed by atoms with Gasteiger partial charge in [0.05, 0.1) is 17.4 Å². The number of benzene rings is 2. The summed E-state index contributed by atoms with van der Waals surface area (Å²) in [5.41, 5.74) is -0.179. The molecule has 0 aliphatic rings. The van der Waals surface area contributed by atoms with Crippen molar-refractivity contribution >= 4 is 23.1 Å². The third-order valence-corrected chi connectivity index (χ3v) is 3.16. The average Bonchev–Trinajstić information content (AvgIpc) is 2.57. The predicted molar refractivity (Wildman–Crippen MR) is 84.2 cm³/mol. The number of anilines is 4. The number of hydrogen-bond acceptors (Lipinski definition) is 5. The van der Waals surface area contributed by atoms with Crippen molar-refractivity contribution in [3.8, 4) is 0 Å². The van der Waals surface area contributed by atoms with Crippen LogP contribution >= 0.6 is 0 Å². The summed E-state index contributed by atoms with van der Waals surface area (Å²) in [6.45, 7) is 0. The Balaban J connectivity index is 1.75. The summed E-state index contributed by atoms with van der Waals surface area (Å²) in [5.74, 6) is -0.192. The zero-order valence-electron chi connectivity index (χ0n) is 12.5. The van der Waals surface area contributed by atoms with Crippen LogP contribution in [0.3, 0.4) is 0 Å². The fourth-order valence-corrected chi connectivity index (χ4v) is 1.99. The molecular formula is C16H11F4N5. The van der Waals surface area contributed by atoms with E-state index in [1.807, 2.05) is 0 Å². The normalized spacial score (nSPS) is 11.2. The summed E-state index contributed by atoms with van der Waals surface area (Å²) < 4.78 is 51.3. The standard InChI is InChI=1S/C16H11F4N5/c17-12-3-1-2-4-13(12)23-15-24-14(9-21-25-15)22-11-7-5-10(6-8-11)16(18,19)20/h1-9H,(H2,22,23,24,25). The van der Waals surface area contributed by atoms with Gasteiger partial charge in [-0.25, -0.2) is 4.39 Å². The number of nitrogens with zero attached hydrogens (tertiary/aromatic N) is 3. The van der Waals surface area contributed by atoms with Crippen LogP contribution in [0.1, 0.15) is 5.56 Å². The van der Waals surface area contributed by atoms with Gasteiger partial charge in [0, 0.05) is 5.69 Å². The first-order valence-corrected chi connectivity index (χ1v) is 7.07. The number of alkyl halides is 3. The third-order valence-electron chi connectivity index (χ3n) is 3.16. The van der Waals surface area contributed by atoms with Gasteiger partial charge in [-0.05, 0) is 36.4 Å². The van der Waals surface area contributed by atoms with Crippen LogP contribution in [-0.4, -0.2) is 15.2 Å². The molecule has 0 radical (unpaired) electrons. The van der Waals surface area contributed by atoms with E-state index >= 15 is 0 Å². The lowest BCUT2D eigenvalue weighted by Gasteiger charge is -2.10. The molecule has 128 valence electrons. The highest BCUT2D eigenvalue weighted by Crippen LogP contribution is 2.30. The molecule has 25 heavy (non-hydrogen) atoms. The number of para-hydroxylation sites is 1. The van der Waals surface area contributed by atoms with E-state index in [0.717, 1.165) is 12.1 Å². The first-order chi connectivity index (χ1) is 11.9. The summed E-state index contributed by atoms with van der Waals surface area (Å²) in [4.78, 5) is 4.09. The molecular weight excluding hydrogens is 338 g/mol. The minimum atomic E-state index is -4.40. The lowest BCUT2D eigenvalue weighted by atomic mass is 10.2. The van der Waals surface area contributed by atoms with Crippen molar-refractivity contribution in [2.24, 2.45) is 0 Å². The van der Waals surface area contributed by atoms with Crippen molar-refractivity contribution in [1.82, 2.24) is 15.2 Å². The summed E-state index contributed by atoms with van der Waals surface area (Å²) >= 11 is 0. The van der Waals surface area contributed by atoms with E-state index in [2.05, 4.69) is 25.8 Å². The van der Waals surface area contributed by atoms with Crippen molar-refractivity contribution in [2.45, 2.75) is 6.18 Å². The Bertz CT molecular complexity index is 865. The highest BCUT2D eigenvalue weighted by atomic mass is 19.4. The van der Waals surface area contributed by atoms with Crippen LogP contribution in [0.15, 0.2) is 54.7 Å². The minimum absolute atomic E-state index is 0.0435. The zero-order chi connectivity index (χ0) is 17.9. The zero-order valence-corrected chi connectivity index (χ0v) is 12.5.